The number of aromatic nitrogens is 2. The third-order valence-corrected chi connectivity index (χ3v) is 2.19. The molecule has 1 heterocycles. The van der Waals surface area contributed by atoms with E-state index in [0.29, 0.717) is 22.4 Å². The van der Waals surface area contributed by atoms with Gasteiger partial charge in [-0.1, -0.05) is 27.7 Å². The standard InChI is InChI=1S/C11H11FN2.2C2H6/c1-6-4-9(12)11-7(2)13-8(3)14-10(11)5-6;2*1-2/h4-5H,1-3H3;2*1-2H3. The van der Waals surface area contributed by atoms with Crippen LogP contribution >= 0.6 is 0 Å². The maximum absolute atomic E-state index is 13.6. The van der Waals surface area contributed by atoms with Gasteiger partial charge in [0.05, 0.1) is 16.6 Å². The molecular weight excluding hydrogens is 227 g/mol. The lowest BCUT2D eigenvalue weighted by Gasteiger charge is -2.04. The fourth-order valence-corrected chi connectivity index (χ4v) is 1.67. The smallest absolute Gasteiger partial charge is 0.134 e. The number of nitrogens with zero attached hydrogens (tertiary/aromatic N) is 2. The van der Waals surface area contributed by atoms with Gasteiger partial charge >= 0.3 is 0 Å². The van der Waals surface area contributed by atoms with Crippen molar-refractivity contribution in [2.75, 3.05) is 0 Å². The Labute approximate surface area is 109 Å². The summed E-state index contributed by atoms with van der Waals surface area (Å²) in [7, 11) is 0. The fourth-order valence-electron chi connectivity index (χ4n) is 1.67. The third kappa shape index (κ3) is 3.76. The molecule has 2 nitrogen and oxygen atoms in total. The molecule has 1 aromatic carbocycles. The molecule has 0 radical (unpaired) electrons. The topological polar surface area (TPSA) is 25.8 Å². The predicted octanol–water partition coefficient (Wildman–Crippen LogP) is 4.75. The SMILES string of the molecule is CC.CC.Cc1cc(F)c2c(C)nc(C)nc2c1. The Bertz CT molecular complexity index is 465. The van der Waals surface area contributed by atoms with Crippen LogP contribution < -0.4 is 0 Å². The van der Waals surface area contributed by atoms with Crippen molar-refractivity contribution in [3.63, 3.8) is 0 Å². The van der Waals surface area contributed by atoms with Gasteiger partial charge in [-0.05, 0) is 38.5 Å². The van der Waals surface area contributed by atoms with E-state index in [2.05, 4.69) is 9.97 Å². The van der Waals surface area contributed by atoms with Crippen LogP contribution in [0, 0.1) is 26.6 Å². The van der Waals surface area contributed by atoms with Crippen molar-refractivity contribution in [3.8, 4) is 0 Å². The van der Waals surface area contributed by atoms with E-state index >= 15 is 0 Å². The van der Waals surface area contributed by atoms with E-state index in [4.69, 9.17) is 0 Å². The molecule has 0 saturated carbocycles. The van der Waals surface area contributed by atoms with Crippen molar-refractivity contribution >= 4 is 10.9 Å². The second-order valence-electron chi connectivity index (χ2n) is 3.50. The Hall–Kier alpha value is -1.51. The van der Waals surface area contributed by atoms with Crippen LogP contribution in [-0.4, -0.2) is 9.97 Å². The van der Waals surface area contributed by atoms with Crippen molar-refractivity contribution in [2.45, 2.75) is 48.5 Å². The summed E-state index contributed by atoms with van der Waals surface area (Å²) in [6, 6.07) is 3.38. The van der Waals surface area contributed by atoms with Crippen molar-refractivity contribution in [2.24, 2.45) is 0 Å². The van der Waals surface area contributed by atoms with Crippen LogP contribution in [0.2, 0.25) is 0 Å². The molecule has 0 bridgehead atoms. The van der Waals surface area contributed by atoms with E-state index in [0.717, 1.165) is 5.56 Å². The Kier molecular flexibility index (Phi) is 7.10. The average Bonchev–Trinajstić information content (AvgIpc) is 2.32. The Balaban J connectivity index is 0.000000659. The molecule has 0 N–H and O–H groups in total. The molecular formula is C15H23FN2. The van der Waals surface area contributed by atoms with Gasteiger partial charge in [0.1, 0.15) is 11.6 Å². The van der Waals surface area contributed by atoms with Crippen LogP contribution in [0.4, 0.5) is 4.39 Å². The minimum absolute atomic E-state index is 0.238. The minimum Gasteiger partial charge on any atom is -0.238 e. The van der Waals surface area contributed by atoms with Gasteiger partial charge < -0.3 is 0 Å². The van der Waals surface area contributed by atoms with Crippen LogP contribution in [0.25, 0.3) is 10.9 Å². The third-order valence-electron chi connectivity index (χ3n) is 2.19. The van der Waals surface area contributed by atoms with E-state index in [1.807, 2.05) is 47.6 Å². The lowest BCUT2D eigenvalue weighted by molar-refractivity contribution is 0.637. The molecule has 0 aliphatic heterocycles. The van der Waals surface area contributed by atoms with Crippen molar-refractivity contribution < 1.29 is 4.39 Å². The number of aryl methyl sites for hydroxylation is 3. The molecule has 0 aliphatic rings. The molecule has 0 atom stereocenters. The molecule has 0 aliphatic carbocycles. The molecule has 100 valence electrons. The highest BCUT2D eigenvalue weighted by Gasteiger charge is 2.07. The van der Waals surface area contributed by atoms with Gasteiger partial charge in [0.15, 0.2) is 0 Å². The number of hydrogen-bond acceptors (Lipinski definition) is 2. The van der Waals surface area contributed by atoms with Gasteiger partial charge in [0, 0.05) is 0 Å². The molecule has 3 heteroatoms. The largest absolute Gasteiger partial charge is 0.238 e. The number of hydrogen-bond donors (Lipinski definition) is 0. The predicted molar refractivity (Wildman–Crippen MR) is 76.4 cm³/mol. The fraction of sp³-hybridized carbons (Fsp3) is 0.467. The van der Waals surface area contributed by atoms with E-state index < -0.39 is 0 Å². The van der Waals surface area contributed by atoms with Crippen LogP contribution in [-0.2, 0) is 0 Å². The first-order valence-corrected chi connectivity index (χ1v) is 6.49. The highest BCUT2D eigenvalue weighted by molar-refractivity contribution is 5.82. The average molecular weight is 250 g/mol. The van der Waals surface area contributed by atoms with E-state index in [1.54, 1.807) is 6.92 Å². The van der Waals surface area contributed by atoms with Crippen molar-refractivity contribution in [3.05, 3.63) is 35.0 Å². The van der Waals surface area contributed by atoms with Gasteiger partial charge in [-0.2, -0.15) is 0 Å². The Morgan fingerprint density at radius 3 is 2.00 bits per heavy atom. The molecule has 0 amide bonds. The molecule has 0 unspecified atom stereocenters. The van der Waals surface area contributed by atoms with E-state index in [1.165, 1.54) is 6.07 Å². The van der Waals surface area contributed by atoms with Crippen LogP contribution in [0.5, 0.6) is 0 Å². The van der Waals surface area contributed by atoms with Gasteiger partial charge in [-0.15, -0.1) is 0 Å². The number of benzene rings is 1. The van der Waals surface area contributed by atoms with E-state index in [-0.39, 0.29) is 5.82 Å². The van der Waals surface area contributed by atoms with Gasteiger partial charge in [-0.25, -0.2) is 14.4 Å². The zero-order valence-electron chi connectivity index (χ0n) is 12.4. The molecule has 18 heavy (non-hydrogen) atoms. The molecule has 2 rings (SSSR count). The number of fused-ring (bicyclic) bond motifs is 1. The summed E-state index contributed by atoms with van der Waals surface area (Å²) < 4.78 is 13.6. The molecule has 0 fully saturated rings. The summed E-state index contributed by atoms with van der Waals surface area (Å²) in [4.78, 5) is 8.35. The number of rotatable bonds is 0. The normalized spacial score (nSPS) is 9.11. The van der Waals surface area contributed by atoms with Gasteiger partial charge in [-0.3, -0.25) is 0 Å². The van der Waals surface area contributed by atoms with Crippen LogP contribution in [0.15, 0.2) is 12.1 Å². The van der Waals surface area contributed by atoms with Gasteiger partial charge in [0.25, 0.3) is 0 Å². The zero-order chi connectivity index (χ0) is 14.3. The lowest BCUT2D eigenvalue weighted by atomic mass is 10.1. The van der Waals surface area contributed by atoms with E-state index in [9.17, 15) is 4.39 Å². The molecule has 2 aromatic rings. The summed E-state index contributed by atoms with van der Waals surface area (Å²) in [5.74, 6) is 0.442. The summed E-state index contributed by atoms with van der Waals surface area (Å²) in [5.41, 5.74) is 2.27. The summed E-state index contributed by atoms with van der Waals surface area (Å²) in [6.07, 6.45) is 0. The Morgan fingerprint density at radius 2 is 1.44 bits per heavy atom. The van der Waals surface area contributed by atoms with Crippen LogP contribution in [0.3, 0.4) is 0 Å². The Morgan fingerprint density at radius 1 is 0.889 bits per heavy atom. The molecule has 0 saturated heterocycles. The molecule has 1 aromatic heterocycles. The highest BCUT2D eigenvalue weighted by Crippen LogP contribution is 2.20. The minimum atomic E-state index is -0.238. The summed E-state index contributed by atoms with van der Waals surface area (Å²) in [6.45, 7) is 13.5. The van der Waals surface area contributed by atoms with Crippen molar-refractivity contribution in [1.82, 2.24) is 9.97 Å². The van der Waals surface area contributed by atoms with Crippen molar-refractivity contribution in [1.29, 1.82) is 0 Å². The zero-order valence-corrected chi connectivity index (χ0v) is 12.4. The number of halogens is 1. The highest BCUT2D eigenvalue weighted by atomic mass is 19.1. The van der Waals surface area contributed by atoms with Crippen LogP contribution in [0.1, 0.15) is 44.8 Å². The first-order chi connectivity index (χ1) is 8.58. The van der Waals surface area contributed by atoms with Gasteiger partial charge in [0.2, 0.25) is 0 Å². The lowest BCUT2D eigenvalue weighted by Crippen LogP contribution is -1.96. The maximum atomic E-state index is 13.6. The monoisotopic (exact) mass is 250 g/mol. The summed E-state index contributed by atoms with van der Waals surface area (Å²) >= 11 is 0. The summed E-state index contributed by atoms with van der Waals surface area (Å²) in [5, 5.41) is 0.529. The first-order valence-electron chi connectivity index (χ1n) is 6.49. The quantitative estimate of drug-likeness (QED) is 0.674. The maximum Gasteiger partial charge on any atom is 0.134 e. The first kappa shape index (κ1) is 16.5. The molecule has 0 spiro atoms. The second-order valence-corrected chi connectivity index (χ2v) is 3.50. The second kappa shape index (κ2) is 7.75.